The van der Waals surface area contributed by atoms with Gasteiger partial charge in [-0.3, -0.25) is 4.79 Å². The predicted molar refractivity (Wildman–Crippen MR) is 173 cm³/mol. The van der Waals surface area contributed by atoms with E-state index in [1.807, 2.05) is 19.0 Å². The molecule has 11 nitrogen and oxygen atoms in total. The van der Waals surface area contributed by atoms with Crippen LogP contribution < -0.4 is 20.7 Å². The number of hydrogen-bond donors (Lipinski definition) is 3. The second-order valence-electron chi connectivity index (χ2n) is 9.99. The summed E-state index contributed by atoms with van der Waals surface area (Å²) in [5.41, 5.74) is 6.69. The lowest BCUT2D eigenvalue weighted by Crippen LogP contribution is -2.37. The van der Waals surface area contributed by atoms with Crippen molar-refractivity contribution in [2.75, 3.05) is 43.2 Å². The standard InChI is InChI=1S/C31H26ClF2N7O4S/c1-40(2)13-14-45-24-10-9-18(16-20(24)32)37-30-36-12-11-23(38-30)27-26(39-29(35)46-27)17-5-3-6-19(15-17)41(31(43)44)28(42)25-21(33)7-4-8-22(25)34/h3-12,15-16H,13-14H2,1-2H3,(H2,35,39)(H,43,44)(H,36,37,38). The smallest absolute Gasteiger partial charge is 0.419 e. The topological polar surface area (TPSA) is 147 Å². The number of nitrogen functional groups attached to an aromatic ring is 1. The van der Waals surface area contributed by atoms with Crippen molar-refractivity contribution in [2.45, 2.75) is 0 Å². The molecule has 5 rings (SSSR count). The molecule has 0 spiro atoms. The average molecular weight is 666 g/mol. The normalized spacial score (nSPS) is 11.0. The number of thiazole rings is 1. The van der Waals surface area contributed by atoms with Crippen molar-refractivity contribution in [3.8, 4) is 27.6 Å². The molecule has 0 saturated heterocycles. The number of carboxylic acid groups (broad SMARTS) is 1. The van der Waals surface area contributed by atoms with Crippen LogP contribution in [0.5, 0.6) is 5.75 Å². The first-order valence-electron chi connectivity index (χ1n) is 13.6. The molecule has 46 heavy (non-hydrogen) atoms. The first kappa shape index (κ1) is 32.2. The highest BCUT2D eigenvalue weighted by Gasteiger charge is 2.30. The molecule has 0 radical (unpaired) electrons. The zero-order valence-corrected chi connectivity index (χ0v) is 25.9. The molecule has 3 aromatic carbocycles. The number of anilines is 4. The summed E-state index contributed by atoms with van der Waals surface area (Å²) in [6.07, 6.45) is -0.197. The van der Waals surface area contributed by atoms with Gasteiger partial charge in [0.15, 0.2) is 5.13 Å². The molecule has 15 heteroatoms. The summed E-state index contributed by atoms with van der Waals surface area (Å²) < 4.78 is 34.5. The van der Waals surface area contributed by atoms with Crippen molar-refractivity contribution in [2.24, 2.45) is 0 Å². The summed E-state index contributed by atoms with van der Waals surface area (Å²) in [6, 6.07) is 15.4. The van der Waals surface area contributed by atoms with Gasteiger partial charge in [0.2, 0.25) is 5.95 Å². The van der Waals surface area contributed by atoms with Crippen molar-refractivity contribution in [3.05, 3.63) is 95.1 Å². The Hall–Kier alpha value is -5.18. The minimum absolute atomic E-state index is 0.161. The third-order valence-corrected chi connectivity index (χ3v) is 7.67. The van der Waals surface area contributed by atoms with Crippen LogP contribution in [-0.2, 0) is 0 Å². The summed E-state index contributed by atoms with van der Waals surface area (Å²) >= 11 is 7.55. The number of aromatic nitrogens is 3. The Morgan fingerprint density at radius 3 is 2.48 bits per heavy atom. The number of likely N-dealkylation sites (N-methyl/N-ethyl adjacent to an activating group) is 1. The van der Waals surface area contributed by atoms with E-state index in [2.05, 4.69) is 20.3 Å². The van der Waals surface area contributed by atoms with Crippen molar-refractivity contribution in [1.29, 1.82) is 0 Å². The molecular formula is C31H26ClF2N7O4S. The van der Waals surface area contributed by atoms with Gasteiger partial charge in [-0.15, -0.1) is 0 Å². The number of imide groups is 1. The predicted octanol–water partition coefficient (Wildman–Crippen LogP) is 6.79. The van der Waals surface area contributed by atoms with E-state index in [1.165, 1.54) is 24.4 Å². The van der Waals surface area contributed by atoms with Crippen molar-refractivity contribution < 1.29 is 28.2 Å². The van der Waals surface area contributed by atoms with Gasteiger partial charge in [-0.05, 0) is 62.6 Å². The molecule has 0 atom stereocenters. The molecule has 0 saturated carbocycles. The van der Waals surface area contributed by atoms with Crippen LogP contribution in [0.1, 0.15) is 10.4 Å². The van der Waals surface area contributed by atoms with Crippen LogP contribution in [0.15, 0.2) is 72.9 Å². The Morgan fingerprint density at radius 2 is 1.78 bits per heavy atom. The van der Waals surface area contributed by atoms with Gasteiger partial charge in [-0.1, -0.05) is 41.1 Å². The largest absolute Gasteiger partial charge is 0.491 e. The molecule has 4 N–H and O–H groups in total. The molecule has 5 aromatic rings. The highest BCUT2D eigenvalue weighted by Crippen LogP contribution is 2.39. The zero-order valence-electron chi connectivity index (χ0n) is 24.4. The van der Waals surface area contributed by atoms with Gasteiger partial charge >= 0.3 is 6.09 Å². The Balaban J connectivity index is 1.43. The highest BCUT2D eigenvalue weighted by atomic mass is 35.5. The Kier molecular flexibility index (Phi) is 9.70. The van der Waals surface area contributed by atoms with Crippen LogP contribution in [0, 0.1) is 11.6 Å². The Bertz CT molecular complexity index is 1900. The second-order valence-corrected chi connectivity index (χ2v) is 11.4. The Morgan fingerprint density at radius 1 is 1.04 bits per heavy atom. The van der Waals surface area contributed by atoms with Crippen LogP contribution in [0.4, 0.5) is 36.0 Å². The minimum Gasteiger partial charge on any atom is -0.491 e. The van der Waals surface area contributed by atoms with Gasteiger partial charge in [0, 0.05) is 24.0 Å². The number of nitrogens with zero attached hydrogens (tertiary/aromatic N) is 5. The molecule has 2 aromatic heterocycles. The Labute approximate surface area is 270 Å². The molecule has 0 aliphatic heterocycles. The molecule has 2 heterocycles. The number of halogens is 3. The van der Waals surface area contributed by atoms with Gasteiger partial charge in [-0.2, -0.15) is 0 Å². The summed E-state index contributed by atoms with van der Waals surface area (Å²) in [6.45, 7) is 1.21. The fourth-order valence-corrected chi connectivity index (χ4v) is 5.39. The van der Waals surface area contributed by atoms with E-state index in [9.17, 15) is 23.5 Å². The summed E-state index contributed by atoms with van der Waals surface area (Å²) in [5, 5.41) is 13.6. The first-order chi connectivity index (χ1) is 22.0. The number of carbonyl (C=O) groups is 2. The number of nitrogens with two attached hydrogens (primary N) is 1. The maximum Gasteiger partial charge on any atom is 0.419 e. The van der Waals surface area contributed by atoms with Crippen LogP contribution in [0.3, 0.4) is 0 Å². The molecule has 0 aliphatic rings. The van der Waals surface area contributed by atoms with Crippen molar-refractivity contribution in [1.82, 2.24) is 19.9 Å². The van der Waals surface area contributed by atoms with E-state index in [1.54, 1.807) is 30.3 Å². The molecule has 0 fully saturated rings. The number of amides is 2. The summed E-state index contributed by atoms with van der Waals surface area (Å²) in [5.74, 6) is -2.99. The van der Waals surface area contributed by atoms with Gasteiger partial charge in [0.05, 0.1) is 27.0 Å². The van der Waals surface area contributed by atoms with E-state index in [4.69, 9.17) is 22.1 Å². The SMILES string of the molecule is CN(C)CCOc1ccc(Nc2nccc(-c3sc(N)nc3-c3cccc(N(C(=O)O)C(=O)c4c(F)cccc4F)c3)n2)cc1Cl. The average Bonchev–Trinajstić information content (AvgIpc) is 3.40. The monoisotopic (exact) mass is 665 g/mol. The minimum atomic E-state index is -1.73. The molecule has 236 valence electrons. The number of hydrogen-bond acceptors (Lipinski definition) is 10. The lowest BCUT2D eigenvalue weighted by molar-refractivity contribution is 0.0975. The van der Waals surface area contributed by atoms with E-state index in [0.717, 1.165) is 36.1 Å². The molecule has 2 amide bonds. The third kappa shape index (κ3) is 7.20. The van der Waals surface area contributed by atoms with Gasteiger partial charge in [0.25, 0.3) is 5.91 Å². The van der Waals surface area contributed by atoms with Crippen LogP contribution >= 0.6 is 22.9 Å². The molecule has 0 bridgehead atoms. The zero-order chi connectivity index (χ0) is 33.0. The molecule has 0 unspecified atom stereocenters. The van der Waals surface area contributed by atoms with Crippen LogP contribution in [0.2, 0.25) is 5.02 Å². The fourth-order valence-electron chi connectivity index (χ4n) is 4.34. The summed E-state index contributed by atoms with van der Waals surface area (Å²) in [4.78, 5) is 41.3. The van der Waals surface area contributed by atoms with Crippen molar-refractivity contribution in [3.63, 3.8) is 0 Å². The lowest BCUT2D eigenvalue weighted by Gasteiger charge is -2.19. The second kappa shape index (κ2) is 13.9. The number of nitrogens with one attached hydrogen (secondary N) is 1. The van der Waals surface area contributed by atoms with E-state index in [-0.39, 0.29) is 21.7 Å². The van der Waals surface area contributed by atoms with Crippen LogP contribution in [0.25, 0.3) is 21.8 Å². The number of rotatable bonds is 10. The number of benzene rings is 3. The van der Waals surface area contributed by atoms with E-state index < -0.39 is 29.2 Å². The molecule has 0 aliphatic carbocycles. The maximum absolute atomic E-state index is 14.4. The van der Waals surface area contributed by atoms with Gasteiger partial charge in [0.1, 0.15) is 29.6 Å². The van der Waals surface area contributed by atoms with E-state index >= 15 is 0 Å². The van der Waals surface area contributed by atoms with Gasteiger partial charge in [-0.25, -0.2) is 33.4 Å². The number of carbonyl (C=O) groups excluding carboxylic acids is 1. The lowest BCUT2D eigenvalue weighted by atomic mass is 10.1. The van der Waals surface area contributed by atoms with Crippen molar-refractivity contribution >= 4 is 57.4 Å². The quantitative estimate of drug-likeness (QED) is 0.146. The molecular weight excluding hydrogens is 640 g/mol. The van der Waals surface area contributed by atoms with Gasteiger partial charge < -0.3 is 25.8 Å². The highest BCUT2D eigenvalue weighted by molar-refractivity contribution is 7.19. The summed E-state index contributed by atoms with van der Waals surface area (Å²) in [7, 11) is 3.89. The van der Waals surface area contributed by atoms with Crippen LogP contribution in [-0.4, -0.2) is 64.2 Å². The fraction of sp³-hybridized carbons (Fsp3) is 0.129. The first-order valence-corrected chi connectivity index (χ1v) is 14.8. The maximum atomic E-state index is 14.4. The van der Waals surface area contributed by atoms with E-state index in [0.29, 0.717) is 44.9 Å². The third-order valence-electron chi connectivity index (χ3n) is 6.46. The number of ether oxygens (including phenoxy) is 1.